The number of anilines is 1. The molecule has 1 amide bonds. The quantitative estimate of drug-likeness (QED) is 0.171. The van der Waals surface area contributed by atoms with Crippen molar-refractivity contribution < 1.29 is 19.4 Å². The highest BCUT2D eigenvalue weighted by atomic mass is 16.7. The Balaban J connectivity index is 0.983. The van der Waals surface area contributed by atoms with Crippen LogP contribution in [0.2, 0.25) is 0 Å². The van der Waals surface area contributed by atoms with Crippen LogP contribution in [0.1, 0.15) is 52.1 Å². The van der Waals surface area contributed by atoms with Gasteiger partial charge in [0.1, 0.15) is 5.69 Å². The van der Waals surface area contributed by atoms with E-state index in [2.05, 4.69) is 84.4 Å². The van der Waals surface area contributed by atoms with Gasteiger partial charge in [-0.25, -0.2) is 15.0 Å². The summed E-state index contributed by atoms with van der Waals surface area (Å²) in [4.78, 5) is 35.4. The third-order valence-corrected chi connectivity index (χ3v) is 10.3. The Bertz CT molecular complexity index is 2190. The van der Waals surface area contributed by atoms with Crippen LogP contribution in [0.4, 0.5) is 5.95 Å². The lowest BCUT2D eigenvalue weighted by Crippen LogP contribution is -2.51. The number of aliphatic hydroxyl groups is 1. The molecule has 2 aromatic heterocycles. The van der Waals surface area contributed by atoms with Crippen molar-refractivity contribution >= 4 is 22.9 Å². The summed E-state index contributed by atoms with van der Waals surface area (Å²) in [5.74, 6) is 0.571. The molecule has 2 aliphatic rings. The largest absolute Gasteiger partial charge is 0.392 e. The van der Waals surface area contributed by atoms with Gasteiger partial charge < -0.3 is 24.8 Å². The highest BCUT2D eigenvalue weighted by molar-refractivity contribution is 5.93. The van der Waals surface area contributed by atoms with E-state index in [9.17, 15) is 9.90 Å². The van der Waals surface area contributed by atoms with Gasteiger partial charge in [-0.05, 0) is 58.1 Å². The molecule has 0 spiro atoms. The van der Waals surface area contributed by atoms with Gasteiger partial charge in [-0.2, -0.15) is 0 Å². The number of carbonyl (C=O) groups is 1. The smallest absolute Gasteiger partial charge is 0.271 e. The highest BCUT2D eigenvalue weighted by Crippen LogP contribution is 2.42. The summed E-state index contributed by atoms with van der Waals surface area (Å²) in [5.41, 5.74) is 7.57. The van der Waals surface area contributed by atoms with Gasteiger partial charge in [0.25, 0.3) is 5.91 Å². The molecule has 2 N–H and O–H groups in total. The molecule has 274 valence electrons. The Hall–Kier alpha value is -5.59. The van der Waals surface area contributed by atoms with Crippen molar-refractivity contribution in [2.75, 3.05) is 37.6 Å². The molecule has 0 bridgehead atoms. The number of aromatic nitrogens is 4. The van der Waals surface area contributed by atoms with Gasteiger partial charge in [-0.15, -0.1) is 0 Å². The summed E-state index contributed by atoms with van der Waals surface area (Å²) in [5, 5.41) is 12.7. The molecule has 6 aromatic rings. The fraction of sp³-hybridized carbons (Fsp3) is 0.279. The zero-order valence-corrected chi connectivity index (χ0v) is 30.2. The van der Waals surface area contributed by atoms with Crippen LogP contribution < -0.4 is 10.2 Å². The van der Waals surface area contributed by atoms with Gasteiger partial charge in [-0.3, -0.25) is 14.7 Å². The molecule has 0 unspecified atom stereocenters. The summed E-state index contributed by atoms with van der Waals surface area (Å²) in [6.07, 6.45) is 4.20. The molecule has 4 heterocycles. The number of nitrogens with zero attached hydrogens (tertiary/aromatic N) is 6. The third-order valence-electron chi connectivity index (χ3n) is 10.3. The first-order valence-electron chi connectivity index (χ1n) is 18.4. The van der Waals surface area contributed by atoms with Crippen LogP contribution in [0.25, 0.3) is 22.2 Å². The SMILES string of the molecule is C[C@H]1[C@@H](CN2CCN(c3ncccn3)CC2)O[C@@H](c2cccc(-c3cccc(CNC(=O)c4cnc5ccccc5n4)c3)c2)O[C@H]1c1ccc(CO)cc1. The molecule has 4 aromatic carbocycles. The molecule has 0 aliphatic carbocycles. The number of hydrogen-bond donors (Lipinski definition) is 2. The van der Waals surface area contributed by atoms with E-state index in [1.54, 1.807) is 12.4 Å². The van der Waals surface area contributed by atoms with Gasteiger partial charge in [0, 0.05) is 63.1 Å². The zero-order valence-electron chi connectivity index (χ0n) is 30.2. The van der Waals surface area contributed by atoms with Crippen LogP contribution in [0.5, 0.6) is 0 Å². The van der Waals surface area contributed by atoms with Gasteiger partial charge in [0.05, 0.1) is 36.0 Å². The second kappa shape index (κ2) is 16.2. The summed E-state index contributed by atoms with van der Waals surface area (Å²) >= 11 is 0. The Kier molecular flexibility index (Phi) is 10.6. The van der Waals surface area contributed by atoms with E-state index in [4.69, 9.17) is 9.47 Å². The maximum Gasteiger partial charge on any atom is 0.271 e. The van der Waals surface area contributed by atoms with Crippen molar-refractivity contribution in [2.45, 2.75) is 38.6 Å². The monoisotopic (exact) mass is 721 g/mol. The van der Waals surface area contributed by atoms with E-state index in [-0.39, 0.29) is 36.3 Å². The standard InChI is InChI=1S/C43H43N7O4/c1-29-39(27-49-19-21-50(22-20-49)43-44-17-6-18-45-43)53-42(54-40(29)32-15-13-30(28-51)14-16-32)35-10-5-9-34(24-35)33-8-4-7-31(23-33)25-47-41(52)38-26-46-36-11-2-3-12-37(36)48-38/h2-18,23-24,26,29,39-40,42,51H,19-22,25,27-28H2,1H3,(H,47,52)/t29-,39+,40+,42+/m0/s1. The second-order valence-electron chi connectivity index (χ2n) is 13.9. The van der Waals surface area contributed by atoms with E-state index >= 15 is 0 Å². The Morgan fingerprint density at radius 1 is 0.778 bits per heavy atom. The summed E-state index contributed by atoms with van der Waals surface area (Å²) in [7, 11) is 0. The maximum atomic E-state index is 13.0. The van der Waals surface area contributed by atoms with Crippen molar-refractivity contribution in [3.63, 3.8) is 0 Å². The van der Waals surface area contributed by atoms with Crippen LogP contribution >= 0.6 is 0 Å². The molecule has 2 fully saturated rings. The van der Waals surface area contributed by atoms with Crippen molar-refractivity contribution in [3.05, 3.63) is 150 Å². The molecular weight excluding hydrogens is 679 g/mol. The van der Waals surface area contributed by atoms with Gasteiger partial charge in [0.15, 0.2) is 6.29 Å². The number of ether oxygens (including phenoxy) is 2. The van der Waals surface area contributed by atoms with Crippen LogP contribution in [-0.2, 0) is 22.6 Å². The predicted molar refractivity (Wildman–Crippen MR) is 206 cm³/mol. The fourth-order valence-electron chi connectivity index (χ4n) is 7.23. The molecule has 2 aliphatic heterocycles. The number of benzene rings is 4. The van der Waals surface area contributed by atoms with Gasteiger partial charge in [0.2, 0.25) is 5.95 Å². The molecule has 2 saturated heterocycles. The number of fused-ring (bicyclic) bond motifs is 1. The molecular formula is C43H43N7O4. The minimum absolute atomic E-state index is 0.00474. The number of aliphatic hydroxyl groups excluding tert-OH is 1. The van der Waals surface area contributed by atoms with E-state index in [1.165, 1.54) is 6.20 Å². The minimum Gasteiger partial charge on any atom is -0.392 e. The van der Waals surface area contributed by atoms with Crippen LogP contribution in [-0.4, -0.2) is 74.7 Å². The van der Waals surface area contributed by atoms with E-state index in [0.29, 0.717) is 12.1 Å². The van der Waals surface area contributed by atoms with Crippen molar-refractivity contribution in [1.29, 1.82) is 0 Å². The maximum absolute atomic E-state index is 13.0. The molecule has 0 saturated carbocycles. The summed E-state index contributed by atoms with van der Waals surface area (Å²) < 4.78 is 13.6. The van der Waals surface area contributed by atoms with Crippen LogP contribution in [0, 0.1) is 5.92 Å². The zero-order chi connectivity index (χ0) is 36.9. The minimum atomic E-state index is -0.585. The number of para-hydroxylation sites is 2. The van der Waals surface area contributed by atoms with Crippen LogP contribution in [0.15, 0.2) is 122 Å². The average molecular weight is 722 g/mol. The topological polar surface area (TPSA) is 126 Å². The number of carbonyl (C=O) groups excluding carboxylic acids is 1. The molecule has 54 heavy (non-hydrogen) atoms. The molecule has 4 atom stereocenters. The average Bonchev–Trinajstić information content (AvgIpc) is 3.24. The lowest BCUT2D eigenvalue weighted by molar-refractivity contribution is -0.276. The number of nitrogens with one attached hydrogen (secondary N) is 1. The van der Waals surface area contributed by atoms with E-state index in [1.807, 2.05) is 60.7 Å². The number of rotatable bonds is 10. The van der Waals surface area contributed by atoms with Crippen molar-refractivity contribution in [1.82, 2.24) is 30.2 Å². The van der Waals surface area contributed by atoms with Gasteiger partial charge >= 0.3 is 0 Å². The number of amides is 1. The highest BCUT2D eigenvalue weighted by Gasteiger charge is 2.39. The van der Waals surface area contributed by atoms with Crippen molar-refractivity contribution in [3.8, 4) is 11.1 Å². The number of piperazine rings is 1. The predicted octanol–water partition coefficient (Wildman–Crippen LogP) is 6.12. The summed E-state index contributed by atoms with van der Waals surface area (Å²) in [6, 6.07) is 33.8. The lowest BCUT2D eigenvalue weighted by Gasteiger charge is -2.44. The first-order chi connectivity index (χ1) is 26.5. The molecule has 8 rings (SSSR count). The van der Waals surface area contributed by atoms with Crippen LogP contribution in [0.3, 0.4) is 0 Å². The summed E-state index contributed by atoms with van der Waals surface area (Å²) in [6.45, 7) is 6.77. The Labute approximate surface area is 314 Å². The van der Waals surface area contributed by atoms with Gasteiger partial charge in [-0.1, -0.05) is 79.7 Å². The number of hydrogen-bond acceptors (Lipinski definition) is 10. The first kappa shape index (κ1) is 35.4. The fourth-order valence-corrected chi connectivity index (χ4v) is 7.23. The Morgan fingerprint density at radius 3 is 2.30 bits per heavy atom. The molecule has 11 heteroatoms. The molecule has 11 nitrogen and oxygen atoms in total. The van der Waals surface area contributed by atoms with Crippen molar-refractivity contribution in [2.24, 2.45) is 5.92 Å². The first-order valence-corrected chi connectivity index (χ1v) is 18.4. The second-order valence-corrected chi connectivity index (χ2v) is 13.9. The van der Waals surface area contributed by atoms with E-state index < -0.39 is 6.29 Å². The molecule has 0 radical (unpaired) electrons. The lowest BCUT2D eigenvalue weighted by atomic mass is 9.89. The van der Waals surface area contributed by atoms with E-state index in [0.717, 1.165) is 77.6 Å². The third kappa shape index (κ3) is 7.99. The Morgan fingerprint density at radius 2 is 1.52 bits per heavy atom. The normalized spacial score (nSPS) is 20.5.